The van der Waals surface area contributed by atoms with Crippen molar-refractivity contribution in [1.29, 1.82) is 0 Å². The lowest BCUT2D eigenvalue weighted by atomic mass is 10.1. The fourth-order valence-electron chi connectivity index (χ4n) is 4.13. The average molecular weight is 431 g/mol. The maximum absolute atomic E-state index is 13.2. The summed E-state index contributed by atoms with van der Waals surface area (Å²) in [6, 6.07) is 11.8. The molecule has 0 amide bonds. The van der Waals surface area contributed by atoms with Crippen LogP contribution in [0.25, 0.3) is 16.6 Å². The maximum Gasteiger partial charge on any atom is 0.357 e. The Morgan fingerprint density at radius 3 is 2.48 bits per heavy atom. The predicted molar refractivity (Wildman–Crippen MR) is 120 cm³/mol. The fourth-order valence-corrected chi connectivity index (χ4v) is 4.45. The molecule has 6 heteroatoms. The number of hydrogen-bond acceptors (Lipinski definition) is 3. The number of rotatable bonds is 4. The second kappa shape index (κ2) is 8.29. The third-order valence-corrected chi connectivity index (χ3v) is 6.11. The van der Waals surface area contributed by atoms with Gasteiger partial charge in [0, 0.05) is 24.2 Å². The van der Waals surface area contributed by atoms with Crippen molar-refractivity contribution in [2.24, 2.45) is 0 Å². The number of benzene rings is 2. The van der Waals surface area contributed by atoms with Gasteiger partial charge in [-0.15, -0.1) is 0 Å². The molecule has 1 aliphatic rings. The van der Waals surface area contributed by atoms with E-state index in [4.69, 9.17) is 27.9 Å². The van der Waals surface area contributed by atoms with Crippen molar-refractivity contribution < 1.29 is 9.53 Å². The summed E-state index contributed by atoms with van der Waals surface area (Å²) in [6.45, 7) is 5.98. The Bertz CT molecular complexity index is 1070. The van der Waals surface area contributed by atoms with Crippen LogP contribution in [0.4, 0.5) is 5.69 Å². The molecule has 1 aromatic heterocycles. The first-order valence-electron chi connectivity index (χ1n) is 10.0. The third kappa shape index (κ3) is 3.72. The largest absolute Gasteiger partial charge is 0.461 e. The Morgan fingerprint density at radius 2 is 1.79 bits per heavy atom. The molecule has 152 valence electrons. The summed E-state index contributed by atoms with van der Waals surface area (Å²) in [5.41, 5.74) is 4.29. The minimum atomic E-state index is -0.335. The highest BCUT2D eigenvalue weighted by atomic mass is 35.5. The van der Waals surface area contributed by atoms with E-state index < -0.39 is 0 Å². The van der Waals surface area contributed by atoms with Gasteiger partial charge < -0.3 is 14.2 Å². The summed E-state index contributed by atoms with van der Waals surface area (Å²) in [4.78, 5) is 15.5. The highest BCUT2D eigenvalue weighted by Gasteiger charge is 2.29. The van der Waals surface area contributed by atoms with Crippen LogP contribution in [0.3, 0.4) is 0 Å². The number of halogens is 2. The number of carbonyl (C=O) groups is 1. The van der Waals surface area contributed by atoms with Crippen LogP contribution in [0.5, 0.6) is 0 Å². The number of nitrogens with zero attached hydrogens (tertiary/aromatic N) is 2. The van der Waals surface area contributed by atoms with E-state index >= 15 is 0 Å². The van der Waals surface area contributed by atoms with Crippen molar-refractivity contribution in [3.05, 3.63) is 57.7 Å². The van der Waals surface area contributed by atoms with E-state index in [2.05, 4.69) is 11.0 Å². The third-order valence-electron chi connectivity index (χ3n) is 5.38. The van der Waals surface area contributed by atoms with E-state index in [9.17, 15) is 4.79 Å². The van der Waals surface area contributed by atoms with Crippen molar-refractivity contribution in [3.8, 4) is 5.69 Å². The van der Waals surface area contributed by atoms with E-state index in [0.29, 0.717) is 22.3 Å². The van der Waals surface area contributed by atoms with Crippen molar-refractivity contribution in [2.75, 3.05) is 24.6 Å². The van der Waals surface area contributed by atoms with E-state index in [1.807, 2.05) is 48.7 Å². The minimum Gasteiger partial charge on any atom is -0.461 e. The molecule has 0 N–H and O–H groups in total. The van der Waals surface area contributed by atoms with Crippen LogP contribution in [-0.2, 0) is 4.74 Å². The van der Waals surface area contributed by atoms with Gasteiger partial charge in [0.05, 0.1) is 27.9 Å². The van der Waals surface area contributed by atoms with Crippen LogP contribution in [0.1, 0.15) is 42.2 Å². The summed E-state index contributed by atoms with van der Waals surface area (Å²) < 4.78 is 7.45. The van der Waals surface area contributed by atoms with Crippen molar-refractivity contribution >= 4 is 45.8 Å². The van der Waals surface area contributed by atoms with Crippen LogP contribution < -0.4 is 4.90 Å². The zero-order valence-corrected chi connectivity index (χ0v) is 18.2. The number of ether oxygens (including phenoxy) is 1. The Morgan fingerprint density at radius 1 is 1.07 bits per heavy atom. The van der Waals surface area contributed by atoms with Crippen molar-refractivity contribution in [1.82, 2.24) is 4.57 Å². The summed E-state index contributed by atoms with van der Waals surface area (Å²) in [6.07, 6.45) is 3.40. The summed E-state index contributed by atoms with van der Waals surface area (Å²) in [7, 11) is 0. The van der Waals surface area contributed by atoms with Gasteiger partial charge >= 0.3 is 5.97 Å². The van der Waals surface area contributed by atoms with Gasteiger partial charge in [-0.1, -0.05) is 35.3 Å². The van der Waals surface area contributed by atoms with Crippen LogP contribution in [0.2, 0.25) is 10.0 Å². The first kappa shape index (κ1) is 20.1. The quantitative estimate of drug-likeness (QED) is 0.448. The molecule has 0 aliphatic carbocycles. The van der Waals surface area contributed by atoms with Gasteiger partial charge in [0.25, 0.3) is 0 Å². The first-order chi connectivity index (χ1) is 14.0. The van der Waals surface area contributed by atoms with E-state index in [1.165, 1.54) is 6.42 Å². The Labute approximate surface area is 181 Å². The number of esters is 1. The van der Waals surface area contributed by atoms with E-state index in [1.54, 1.807) is 0 Å². The standard InChI is InChI=1S/C23H24Cl2N2O2/c1-3-29-23(28)22-21(26-10-5-4-6-11-26)17-13-18(24)19(25)14-20(17)27(22)16-9-7-8-15(2)12-16/h7-9,12-14H,3-6,10-11H2,1-2H3. The molecule has 0 radical (unpaired) electrons. The second-order valence-electron chi connectivity index (χ2n) is 7.42. The number of fused-ring (bicyclic) bond motifs is 1. The van der Waals surface area contributed by atoms with Crippen molar-refractivity contribution in [2.45, 2.75) is 33.1 Å². The Kier molecular flexibility index (Phi) is 5.75. The van der Waals surface area contributed by atoms with E-state index in [0.717, 1.165) is 53.8 Å². The molecule has 0 atom stereocenters. The van der Waals surface area contributed by atoms with Crippen LogP contribution in [0.15, 0.2) is 36.4 Å². The van der Waals surface area contributed by atoms with Crippen LogP contribution in [-0.4, -0.2) is 30.2 Å². The smallest absolute Gasteiger partial charge is 0.357 e. The van der Waals surface area contributed by atoms with Crippen LogP contribution in [0, 0.1) is 6.92 Å². The summed E-state index contributed by atoms with van der Waals surface area (Å²) >= 11 is 12.8. The Balaban J connectivity index is 2.09. The van der Waals surface area contributed by atoms with Crippen molar-refractivity contribution in [3.63, 3.8) is 0 Å². The number of aromatic nitrogens is 1. The lowest BCUT2D eigenvalue weighted by Gasteiger charge is -2.29. The predicted octanol–water partition coefficient (Wildman–Crippen LogP) is 6.41. The SMILES string of the molecule is CCOC(=O)c1c(N2CCCCC2)c2cc(Cl)c(Cl)cc2n1-c1cccc(C)c1. The lowest BCUT2D eigenvalue weighted by Crippen LogP contribution is -2.31. The number of aryl methyl sites for hydroxylation is 1. The number of carbonyl (C=O) groups excluding carboxylic acids is 1. The van der Waals surface area contributed by atoms with Gasteiger partial charge in [0.2, 0.25) is 0 Å². The van der Waals surface area contributed by atoms with Gasteiger partial charge in [0.1, 0.15) is 0 Å². The molecule has 29 heavy (non-hydrogen) atoms. The summed E-state index contributed by atoms with van der Waals surface area (Å²) in [5, 5.41) is 1.87. The molecule has 0 bridgehead atoms. The van der Waals surface area contributed by atoms with Crippen LogP contribution >= 0.6 is 23.2 Å². The highest BCUT2D eigenvalue weighted by Crippen LogP contribution is 2.41. The number of anilines is 1. The molecule has 1 fully saturated rings. The molecule has 3 aromatic rings. The fraction of sp³-hybridized carbons (Fsp3) is 0.348. The monoisotopic (exact) mass is 430 g/mol. The molecule has 0 unspecified atom stereocenters. The summed E-state index contributed by atoms with van der Waals surface area (Å²) in [5.74, 6) is -0.335. The van der Waals surface area contributed by atoms with Gasteiger partial charge in [-0.25, -0.2) is 4.79 Å². The molecule has 1 aliphatic heterocycles. The Hall–Kier alpha value is -2.17. The topological polar surface area (TPSA) is 34.5 Å². The first-order valence-corrected chi connectivity index (χ1v) is 10.8. The normalized spacial score (nSPS) is 14.4. The number of hydrogen-bond donors (Lipinski definition) is 0. The minimum absolute atomic E-state index is 0.315. The number of piperidine rings is 1. The zero-order valence-electron chi connectivity index (χ0n) is 16.7. The van der Waals surface area contributed by atoms with Gasteiger partial charge in [-0.3, -0.25) is 0 Å². The highest BCUT2D eigenvalue weighted by molar-refractivity contribution is 6.43. The lowest BCUT2D eigenvalue weighted by molar-refractivity contribution is 0.0518. The van der Waals surface area contributed by atoms with Gasteiger partial charge in [-0.2, -0.15) is 0 Å². The molecular weight excluding hydrogens is 407 g/mol. The molecule has 2 heterocycles. The average Bonchev–Trinajstić information content (AvgIpc) is 3.03. The molecule has 2 aromatic carbocycles. The molecular formula is C23H24Cl2N2O2. The molecule has 4 nitrogen and oxygen atoms in total. The maximum atomic E-state index is 13.2. The molecule has 4 rings (SSSR count). The second-order valence-corrected chi connectivity index (χ2v) is 8.24. The van der Waals surface area contributed by atoms with Gasteiger partial charge in [-0.05, 0) is 62.9 Å². The zero-order chi connectivity index (χ0) is 20.5. The van der Waals surface area contributed by atoms with E-state index in [-0.39, 0.29) is 5.97 Å². The molecule has 0 saturated carbocycles. The molecule has 1 saturated heterocycles. The van der Waals surface area contributed by atoms with Gasteiger partial charge in [0.15, 0.2) is 5.69 Å². The molecule has 0 spiro atoms.